The Morgan fingerprint density at radius 2 is 1.91 bits per heavy atom. The molecule has 1 rings (SSSR count). The molecule has 0 saturated carbocycles. The number of hydrogen-bond acceptors (Lipinski definition) is 1. The van der Waals surface area contributed by atoms with E-state index in [9.17, 15) is 4.79 Å². The van der Waals surface area contributed by atoms with Crippen molar-refractivity contribution in [2.75, 3.05) is 0 Å². The van der Waals surface area contributed by atoms with E-state index in [-0.39, 0.29) is 17.9 Å². The van der Waals surface area contributed by atoms with E-state index in [4.69, 9.17) is 0 Å². The van der Waals surface area contributed by atoms with Crippen LogP contribution in [0.1, 0.15) is 34.6 Å². The number of allylic oxidation sites excluding steroid dienone is 5. The zero-order chi connectivity index (χ0) is 17.1. The van der Waals surface area contributed by atoms with E-state index >= 15 is 0 Å². The van der Waals surface area contributed by atoms with Crippen LogP contribution in [-0.2, 0) is 4.79 Å². The normalized spacial score (nSPS) is 22.4. The van der Waals surface area contributed by atoms with Crippen LogP contribution in [0, 0.1) is 5.92 Å². The van der Waals surface area contributed by atoms with Crippen LogP contribution in [0.5, 0.6) is 0 Å². The molecule has 0 radical (unpaired) electrons. The molecule has 22 heavy (non-hydrogen) atoms. The van der Waals surface area contributed by atoms with Crippen molar-refractivity contribution in [1.82, 2.24) is 5.32 Å². The molecule has 2 unspecified atom stereocenters. The summed E-state index contributed by atoms with van der Waals surface area (Å²) in [7, 11) is 0. The standard InChI is InChI=1S/C18H23NO.C2H6/c1-6-9-11-16(13(4)10-7-2)18-15(8-3)14(5)12-17(20)19-18;1-2/h6-12,15,18H,1,3H2,2,4-5H3,(H,19,20);1-2H3/b10-7-,11-9-,16-13-;. The summed E-state index contributed by atoms with van der Waals surface area (Å²) >= 11 is 0. The molecule has 120 valence electrons. The van der Waals surface area contributed by atoms with Crippen molar-refractivity contribution in [3.63, 3.8) is 0 Å². The zero-order valence-corrected chi connectivity index (χ0v) is 14.5. The average Bonchev–Trinajstić information content (AvgIpc) is 2.49. The predicted molar refractivity (Wildman–Crippen MR) is 97.6 cm³/mol. The lowest BCUT2D eigenvalue weighted by Crippen LogP contribution is -2.44. The number of carbonyl (C=O) groups is 1. The Labute approximate surface area is 135 Å². The first kappa shape index (κ1) is 19.9. The third-order valence-electron chi connectivity index (χ3n) is 3.41. The van der Waals surface area contributed by atoms with Crippen LogP contribution in [0.4, 0.5) is 0 Å². The van der Waals surface area contributed by atoms with E-state index in [0.717, 1.165) is 16.7 Å². The third-order valence-corrected chi connectivity index (χ3v) is 3.41. The van der Waals surface area contributed by atoms with E-state index in [1.807, 2.05) is 65.0 Å². The molecule has 2 atom stereocenters. The summed E-state index contributed by atoms with van der Waals surface area (Å²) in [4.78, 5) is 11.8. The highest BCUT2D eigenvalue weighted by Crippen LogP contribution is 2.28. The Balaban J connectivity index is 0.00000211. The molecule has 0 aromatic heterocycles. The van der Waals surface area contributed by atoms with E-state index in [0.29, 0.717) is 0 Å². The fourth-order valence-corrected chi connectivity index (χ4v) is 2.44. The van der Waals surface area contributed by atoms with Crippen LogP contribution in [0.3, 0.4) is 0 Å². The fraction of sp³-hybridized carbons (Fsp3) is 0.350. The molecule has 1 aliphatic rings. The Bertz CT molecular complexity index is 518. The Morgan fingerprint density at radius 3 is 2.41 bits per heavy atom. The van der Waals surface area contributed by atoms with Gasteiger partial charge in [-0.1, -0.05) is 62.5 Å². The van der Waals surface area contributed by atoms with Gasteiger partial charge in [-0.05, 0) is 31.9 Å². The van der Waals surface area contributed by atoms with Gasteiger partial charge in [0.05, 0.1) is 6.04 Å². The molecule has 0 aliphatic carbocycles. The van der Waals surface area contributed by atoms with Crippen LogP contribution < -0.4 is 5.32 Å². The third kappa shape index (κ3) is 5.36. The summed E-state index contributed by atoms with van der Waals surface area (Å²) < 4.78 is 0. The largest absolute Gasteiger partial charge is 0.345 e. The second-order valence-corrected chi connectivity index (χ2v) is 4.87. The van der Waals surface area contributed by atoms with E-state index in [1.54, 1.807) is 12.2 Å². The first-order valence-corrected chi connectivity index (χ1v) is 7.79. The van der Waals surface area contributed by atoms with Crippen molar-refractivity contribution < 1.29 is 4.79 Å². The quantitative estimate of drug-likeness (QED) is 0.568. The van der Waals surface area contributed by atoms with Gasteiger partial charge in [0.2, 0.25) is 5.91 Å². The van der Waals surface area contributed by atoms with Crippen molar-refractivity contribution in [2.24, 2.45) is 5.92 Å². The highest BCUT2D eigenvalue weighted by atomic mass is 16.1. The molecule has 0 bridgehead atoms. The molecule has 1 heterocycles. The van der Waals surface area contributed by atoms with Crippen molar-refractivity contribution in [2.45, 2.75) is 40.7 Å². The van der Waals surface area contributed by atoms with Crippen molar-refractivity contribution in [3.8, 4) is 0 Å². The average molecular weight is 299 g/mol. The molecule has 2 nitrogen and oxygen atoms in total. The van der Waals surface area contributed by atoms with Gasteiger partial charge in [0.25, 0.3) is 0 Å². The zero-order valence-electron chi connectivity index (χ0n) is 14.5. The van der Waals surface area contributed by atoms with Gasteiger partial charge < -0.3 is 5.32 Å². The molecule has 0 aromatic rings. The molecule has 1 N–H and O–H groups in total. The summed E-state index contributed by atoms with van der Waals surface area (Å²) in [6.07, 6.45) is 13.2. The number of rotatable bonds is 5. The van der Waals surface area contributed by atoms with Crippen molar-refractivity contribution in [3.05, 3.63) is 72.4 Å². The number of amides is 1. The lowest BCUT2D eigenvalue weighted by atomic mass is 9.82. The van der Waals surface area contributed by atoms with Crippen molar-refractivity contribution in [1.29, 1.82) is 0 Å². The molecular formula is C20H29NO. The second kappa shape index (κ2) is 10.6. The monoisotopic (exact) mass is 299 g/mol. The van der Waals surface area contributed by atoms with Gasteiger partial charge in [0.1, 0.15) is 0 Å². The fourth-order valence-electron chi connectivity index (χ4n) is 2.44. The van der Waals surface area contributed by atoms with Crippen LogP contribution >= 0.6 is 0 Å². The topological polar surface area (TPSA) is 29.1 Å². The minimum atomic E-state index is -0.0857. The predicted octanol–water partition coefficient (Wildman–Crippen LogP) is 4.89. The molecule has 0 spiro atoms. The second-order valence-electron chi connectivity index (χ2n) is 4.87. The first-order valence-electron chi connectivity index (χ1n) is 7.79. The lowest BCUT2D eigenvalue weighted by molar-refractivity contribution is -0.117. The molecule has 1 aliphatic heterocycles. The summed E-state index contributed by atoms with van der Waals surface area (Å²) in [5, 5.41) is 3.03. The molecule has 2 heteroatoms. The maximum absolute atomic E-state index is 11.8. The van der Waals surface area contributed by atoms with Gasteiger partial charge >= 0.3 is 0 Å². The van der Waals surface area contributed by atoms with E-state index in [2.05, 4.69) is 18.5 Å². The van der Waals surface area contributed by atoms with Gasteiger partial charge in [-0.15, -0.1) is 6.58 Å². The summed E-state index contributed by atoms with van der Waals surface area (Å²) in [5.41, 5.74) is 3.23. The summed E-state index contributed by atoms with van der Waals surface area (Å²) in [6.45, 7) is 17.6. The number of nitrogens with one attached hydrogen (secondary N) is 1. The molecule has 0 saturated heterocycles. The molecule has 1 amide bonds. The summed E-state index contributed by atoms with van der Waals surface area (Å²) in [6, 6.07) is -0.0857. The first-order chi connectivity index (χ1) is 10.5. The Hall–Kier alpha value is -2.09. The van der Waals surface area contributed by atoms with Gasteiger partial charge in [0, 0.05) is 12.0 Å². The van der Waals surface area contributed by atoms with Crippen molar-refractivity contribution >= 4 is 5.91 Å². The molecular weight excluding hydrogens is 270 g/mol. The van der Waals surface area contributed by atoms with Gasteiger partial charge in [0.15, 0.2) is 0 Å². The van der Waals surface area contributed by atoms with Crippen LogP contribution in [0.2, 0.25) is 0 Å². The highest BCUT2D eigenvalue weighted by molar-refractivity contribution is 5.90. The number of carbonyl (C=O) groups excluding carboxylic acids is 1. The minimum Gasteiger partial charge on any atom is -0.345 e. The number of hydrogen-bond donors (Lipinski definition) is 1. The van der Waals surface area contributed by atoms with Crippen LogP contribution in [-0.4, -0.2) is 11.9 Å². The van der Waals surface area contributed by atoms with Gasteiger partial charge in [-0.3, -0.25) is 4.79 Å². The molecule has 0 aromatic carbocycles. The van der Waals surface area contributed by atoms with Crippen LogP contribution in [0.25, 0.3) is 0 Å². The van der Waals surface area contributed by atoms with Gasteiger partial charge in [-0.2, -0.15) is 0 Å². The Kier molecular flexibility index (Phi) is 9.60. The van der Waals surface area contributed by atoms with Crippen LogP contribution in [0.15, 0.2) is 72.4 Å². The smallest absolute Gasteiger partial charge is 0.244 e. The maximum Gasteiger partial charge on any atom is 0.244 e. The SMILES string of the molecule is C=C\C=C/C(=C(C)/C=C\C)C1NC(=O)C=C(C)C1C=C.CC. The minimum absolute atomic E-state index is 0.0524. The Morgan fingerprint density at radius 1 is 1.27 bits per heavy atom. The highest BCUT2D eigenvalue weighted by Gasteiger charge is 2.29. The molecule has 0 fully saturated rings. The van der Waals surface area contributed by atoms with E-state index < -0.39 is 0 Å². The van der Waals surface area contributed by atoms with E-state index in [1.165, 1.54) is 0 Å². The van der Waals surface area contributed by atoms with Gasteiger partial charge in [-0.25, -0.2) is 0 Å². The summed E-state index contributed by atoms with van der Waals surface area (Å²) in [5.74, 6) is 0.0563. The lowest BCUT2D eigenvalue weighted by Gasteiger charge is -2.31. The maximum atomic E-state index is 11.8.